The van der Waals surface area contributed by atoms with Crippen molar-refractivity contribution in [1.29, 1.82) is 0 Å². The fraction of sp³-hybridized carbons (Fsp3) is 0.125. The minimum absolute atomic E-state index is 0.124. The van der Waals surface area contributed by atoms with E-state index in [1.54, 1.807) is 12.1 Å². The van der Waals surface area contributed by atoms with E-state index in [0.29, 0.717) is 16.9 Å². The third kappa shape index (κ3) is 4.24. The predicted octanol–water partition coefficient (Wildman–Crippen LogP) is 1.63. The number of carbonyl (C=O) groups excluding carboxylic acids is 1. The van der Waals surface area contributed by atoms with Crippen LogP contribution in [0.2, 0.25) is 0 Å². The van der Waals surface area contributed by atoms with Gasteiger partial charge in [-0.05, 0) is 29.3 Å². The van der Waals surface area contributed by atoms with Gasteiger partial charge < -0.3 is 10.4 Å². The molecule has 0 bridgehead atoms. The number of anilines is 1. The summed E-state index contributed by atoms with van der Waals surface area (Å²) in [6.07, 6.45) is 2.57. The van der Waals surface area contributed by atoms with E-state index in [0.717, 1.165) is 6.26 Å². The van der Waals surface area contributed by atoms with Crippen LogP contribution in [0.1, 0.15) is 11.1 Å². The summed E-state index contributed by atoms with van der Waals surface area (Å²) in [6, 6.07) is 9.13. The number of hydrogen-bond donors (Lipinski definition) is 2. The first-order valence-corrected chi connectivity index (χ1v) is 8.57. The number of sulfone groups is 1. The second kappa shape index (κ2) is 6.72. The molecule has 0 spiro atoms. The van der Waals surface area contributed by atoms with Gasteiger partial charge in [-0.3, -0.25) is 4.79 Å². The second-order valence-electron chi connectivity index (χ2n) is 4.94. The number of nitrogens with one attached hydrogen (secondary N) is 1. The van der Waals surface area contributed by atoms with Gasteiger partial charge in [0.25, 0.3) is 5.91 Å². The quantitative estimate of drug-likeness (QED) is 0.811. The van der Waals surface area contributed by atoms with Gasteiger partial charge in [0.15, 0.2) is 9.84 Å². The van der Waals surface area contributed by atoms with Gasteiger partial charge in [-0.25, -0.2) is 13.4 Å². The molecule has 0 fully saturated rings. The summed E-state index contributed by atoms with van der Waals surface area (Å²) in [6.45, 7) is 3.59. The van der Waals surface area contributed by atoms with Gasteiger partial charge in [0.1, 0.15) is 5.82 Å². The number of benzene rings is 1. The lowest BCUT2D eigenvalue weighted by atomic mass is 10.1. The van der Waals surface area contributed by atoms with Crippen molar-refractivity contribution in [2.75, 3.05) is 11.6 Å². The third-order valence-electron chi connectivity index (χ3n) is 3.15. The van der Waals surface area contributed by atoms with E-state index >= 15 is 0 Å². The smallest absolute Gasteiger partial charge is 0.256 e. The highest BCUT2D eigenvalue weighted by atomic mass is 32.2. The molecule has 1 amide bonds. The Bertz CT molecular complexity index is 825. The van der Waals surface area contributed by atoms with Gasteiger partial charge in [0, 0.05) is 18.0 Å². The Balaban J connectivity index is 2.11. The van der Waals surface area contributed by atoms with E-state index in [4.69, 9.17) is 5.11 Å². The molecule has 7 heteroatoms. The lowest BCUT2D eigenvalue weighted by molar-refractivity contribution is -0.111. The summed E-state index contributed by atoms with van der Waals surface area (Å²) in [5, 5.41) is 11.5. The van der Waals surface area contributed by atoms with E-state index in [-0.39, 0.29) is 17.1 Å². The van der Waals surface area contributed by atoms with Crippen LogP contribution in [0.25, 0.3) is 5.57 Å². The van der Waals surface area contributed by atoms with Crippen molar-refractivity contribution in [2.45, 2.75) is 11.5 Å². The van der Waals surface area contributed by atoms with Crippen molar-refractivity contribution in [1.82, 2.24) is 4.98 Å². The van der Waals surface area contributed by atoms with Crippen LogP contribution in [0.4, 0.5) is 5.82 Å². The normalized spacial score (nSPS) is 11.0. The largest absolute Gasteiger partial charge is 0.392 e. The number of hydrogen-bond acceptors (Lipinski definition) is 5. The highest BCUT2D eigenvalue weighted by molar-refractivity contribution is 7.90. The number of carbonyl (C=O) groups is 1. The van der Waals surface area contributed by atoms with Crippen molar-refractivity contribution in [3.05, 3.63) is 60.3 Å². The van der Waals surface area contributed by atoms with Gasteiger partial charge >= 0.3 is 0 Å². The average molecular weight is 332 g/mol. The molecule has 120 valence electrons. The van der Waals surface area contributed by atoms with Crippen LogP contribution in [0.3, 0.4) is 0 Å². The van der Waals surface area contributed by atoms with E-state index in [1.807, 2.05) is 0 Å². The molecular weight excluding hydrogens is 316 g/mol. The molecule has 0 saturated heterocycles. The molecule has 0 atom stereocenters. The van der Waals surface area contributed by atoms with Crippen LogP contribution in [-0.2, 0) is 21.2 Å². The molecule has 0 radical (unpaired) electrons. The molecular formula is C16H16N2O4S. The first-order chi connectivity index (χ1) is 10.8. The van der Waals surface area contributed by atoms with Crippen molar-refractivity contribution in [3.63, 3.8) is 0 Å². The van der Waals surface area contributed by atoms with Gasteiger partial charge in [0.2, 0.25) is 0 Å². The lowest BCUT2D eigenvalue weighted by Crippen LogP contribution is -2.14. The maximum absolute atomic E-state index is 12.1. The van der Waals surface area contributed by atoms with Crippen molar-refractivity contribution in [3.8, 4) is 0 Å². The van der Waals surface area contributed by atoms with E-state index in [2.05, 4.69) is 16.9 Å². The third-order valence-corrected chi connectivity index (χ3v) is 4.28. The molecule has 1 aromatic heterocycles. The molecule has 6 nitrogen and oxygen atoms in total. The summed E-state index contributed by atoms with van der Waals surface area (Å²) in [7, 11) is -3.28. The number of pyridine rings is 1. The molecule has 1 heterocycles. The maximum atomic E-state index is 12.1. The highest BCUT2D eigenvalue weighted by Crippen LogP contribution is 2.18. The Kier molecular flexibility index (Phi) is 4.92. The van der Waals surface area contributed by atoms with Crippen molar-refractivity contribution >= 4 is 27.1 Å². The first-order valence-electron chi connectivity index (χ1n) is 6.68. The van der Waals surface area contributed by atoms with Gasteiger partial charge in [0.05, 0.1) is 11.5 Å². The number of rotatable bonds is 5. The molecule has 0 aliphatic heterocycles. The fourth-order valence-electron chi connectivity index (χ4n) is 1.82. The number of amides is 1. The zero-order chi connectivity index (χ0) is 17.0. The average Bonchev–Trinajstić information content (AvgIpc) is 2.54. The zero-order valence-corrected chi connectivity index (χ0v) is 13.3. The molecule has 0 aliphatic carbocycles. The summed E-state index contributed by atoms with van der Waals surface area (Å²) >= 11 is 0. The second-order valence-corrected chi connectivity index (χ2v) is 6.95. The molecule has 0 saturated carbocycles. The van der Waals surface area contributed by atoms with Crippen LogP contribution < -0.4 is 5.32 Å². The minimum atomic E-state index is -3.28. The fourth-order valence-corrected chi connectivity index (χ4v) is 2.45. The van der Waals surface area contributed by atoms with Crippen LogP contribution in [0, 0.1) is 0 Å². The summed E-state index contributed by atoms with van der Waals surface area (Å²) < 4.78 is 22.8. The Hall–Kier alpha value is -2.51. The standard InChI is InChI=1S/C16H16N2O4S/c1-11(13-4-6-14(7-5-13)23(2,21)22)16(20)18-15-8-3-12(10-19)9-17-15/h3-9,19H,1,10H2,2H3,(H,17,18,20). The molecule has 23 heavy (non-hydrogen) atoms. The molecule has 2 rings (SSSR count). The van der Waals surface area contributed by atoms with Gasteiger partial charge in [-0.15, -0.1) is 0 Å². The van der Waals surface area contributed by atoms with Crippen molar-refractivity contribution < 1.29 is 18.3 Å². The van der Waals surface area contributed by atoms with E-state index in [9.17, 15) is 13.2 Å². The lowest BCUT2D eigenvalue weighted by Gasteiger charge is -2.08. The Morgan fingerprint density at radius 1 is 1.22 bits per heavy atom. The maximum Gasteiger partial charge on any atom is 0.256 e. The number of aliphatic hydroxyl groups excluding tert-OH is 1. The summed E-state index contributed by atoms with van der Waals surface area (Å²) in [4.78, 5) is 16.3. The number of aromatic nitrogens is 1. The number of aliphatic hydroxyl groups is 1. The molecule has 0 aliphatic rings. The summed E-state index contributed by atoms with van der Waals surface area (Å²) in [5.41, 5.74) is 1.35. The van der Waals surface area contributed by atoms with E-state index < -0.39 is 15.7 Å². The summed E-state index contributed by atoms with van der Waals surface area (Å²) in [5.74, 6) is -0.109. The van der Waals surface area contributed by atoms with Gasteiger partial charge in [-0.2, -0.15) is 0 Å². The molecule has 1 aromatic carbocycles. The monoisotopic (exact) mass is 332 g/mol. The zero-order valence-electron chi connectivity index (χ0n) is 12.5. The Morgan fingerprint density at radius 2 is 1.87 bits per heavy atom. The van der Waals surface area contributed by atoms with Crippen molar-refractivity contribution in [2.24, 2.45) is 0 Å². The molecule has 2 N–H and O–H groups in total. The van der Waals surface area contributed by atoms with Crippen LogP contribution in [0.15, 0.2) is 54.1 Å². The Labute approximate surface area is 134 Å². The van der Waals surface area contributed by atoms with Crippen LogP contribution >= 0.6 is 0 Å². The predicted molar refractivity (Wildman–Crippen MR) is 87.4 cm³/mol. The molecule has 0 unspecified atom stereocenters. The Morgan fingerprint density at radius 3 is 2.35 bits per heavy atom. The number of nitrogens with zero attached hydrogens (tertiary/aromatic N) is 1. The topological polar surface area (TPSA) is 96.4 Å². The SMILES string of the molecule is C=C(C(=O)Nc1ccc(CO)cn1)c1ccc(S(C)(=O)=O)cc1. The van der Waals surface area contributed by atoms with Crippen LogP contribution in [-0.4, -0.2) is 30.7 Å². The highest BCUT2D eigenvalue weighted by Gasteiger charge is 2.12. The minimum Gasteiger partial charge on any atom is -0.392 e. The van der Waals surface area contributed by atoms with Gasteiger partial charge in [-0.1, -0.05) is 24.8 Å². The first kappa shape index (κ1) is 16.9. The van der Waals surface area contributed by atoms with E-state index in [1.165, 1.54) is 30.5 Å². The molecule has 2 aromatic rings. The van der Waals surface area contributed by atoms with Crippen LogP contribution in [0.5, 0.6) is 0 Å².